The summed E-state index contributed by atoms with van der Waals surface area (Å²) in [7, 11) is 0. The summed E-state index contributed by atoms with van der Waals surface area (Å²) >= 11 is 1.22. The Morgan fingerprint density at radius 3 is 2.42 bits per heavy atom. The minimum Gasteiger partial charge on any atom is -0.459 e. The minimum atomic E-state index is -0.735. The van der Waals surface area contributed by atoms with Crippen LogP contribution in [0.5, 0.6) is 0 Å². The highest BCUT2D eigenvalue weighted by atomic mass is 32.1. The molecular formula is C22H26N2O6S. The largest absolute Gasteiger partial charge is 0.459 e. The molecule has 8 nitrogen and oxygen atoms in total. The molecule has 9 heteroatoms. The SMILES string of the molecule is Cc1c(COO)sc2c1c(=O)n(CC(=O)OC(C)(C)C)c(=O)n2CCc1ccccc1. The minimum absolute atomic E-state index is 0.0937. The van der Waals surface area contributed by atoms with Gasteiger partial charge >= 0.3 is 11.7 Å². The molecule has 0 aliphatic heterocycles. The van der Waals surface area contributed by atoms with Crippen LogP contribution in [-0.4, -0.2) is 26.0 Å². The summed E-state index contributed by atoms with van der Waals surface area (Å²) in [5.41, 5.74) is -0.206. The predicted octanol–water partition coefficient (Wildman–Crippen LogP) is 3.11. The number of hydrogen-bond acceptors (Lipinski definition) is 7. The second-order valence-electron chi connectivity index (χ2n) is 8.25. The van der Waals surface area contributed by atoms with Crippen LogP contribution in [0.4, 0.5) is 0 Å². The molecular weight excluding hydrogens is 420 g/mol. The Labute approximate surface area is 183 Å². The van der Waals surface area contributed by atoms with E-state index in [0.717, 1.165) is 10.1 Å². The van der Waals surface area contributed by atoms with Crippen molar-refractivity contribution in [1.29, 1.82) is 0 Å². The van der Waals surface area contributed by atoms with Gasteiger partial charge in [-0.25, -0.2) is 14.2 Å². The van der Waals surface area contributed by atoms with Gasteiger partial charge in [-0.2, -0.15) is 0 Å². The van der Waals surface area contributed by atoms with Crippen molar-refractivity contribution in [2.24, 2.45) is 0 Å². The smallest absolute Gasteiger partial charge is 0.332 e. The van der Waals surface area contributed by atoms with E-state index < -0.39 is 29.4 Å². The summed E-state index contributed by atoms with van der Waals surface area (Å²) in [5, 5.41) is 9.23. The molecule has 3 rings (SSSR count). The van der Waals surface area contributed by atoms with E-state index >= 15 is 0 Å². The highest BCUT2D eigenvalue weighted by Gasteiger charge is 2.23. The van der Waals surface area contributed by atoms with Crippen molar-refractivity contribution in [3.63, 3.8) is 0 Å². The molecule has 0 bridgehead atoms. The normalized spacial score (nSPS) is 11.8. The molecule has 166 valence electrons. The Morgan fingerprint density at radius 2 is 1.81 bits per heavy atom. The summed E-state index contributed by atoms with van der Waals surface area (Å²) in [4.78, 5) is 44.2. The molecule has 2 aromatic heterocycles. The van der Waals surface area contributed by atoms with Crippen LogP contribution >= 0.6 is 11.3 Å². The molecule has 2 heterocycles. The van der Waals surface area contributed by atoms with Crippen molar-refractivity contribution in [1.82, 2.24) is 9.13 Å². The first-order valence-electron chi connectivity index (χ1n) is 9.90. The standard InChI is InChI=1S/C22H26N2O6S/c1-14-16(13-29-28)31-20-18(14)19(26)24(12-17(25)30-22(2,3)4)21(27)23(20)11-10-15-8-6-5-7-9-15/h5-9,28H,10-13H2,1-4H3. The van der Waals surface area contributed by atoms with Crippen LogP contribution in [0.3, 0.4) is 0 Å². The number of hydrogen-bond donors (Lipinski definition) is 1. The van der Waals surface area contributed by atoms with Gasteiger partial charge in [-0.1, -0.05) is 30.3 Å². The van der Waals surface area contributed by atoms with E-state index in [9.17, 15) is 14.4 Å². The summed E-state index contributed by atoms with van der Waals surface area (Å²) < 4.78 is 7.74. The third kappa shape index (κ3) is 5.12. The second-order valence-corrected chi connectivity index (χ2v) is 9.34. The molecule has 0 aliphatic rings. The van der Waals surface area contributed by atoms with Crippen molar-refractivity contribution in [2.75, 3.05) is 0 Å². The molecule has 0 unspecified atom stereocenters. The maximum atomic E-state index is 13.2. The van der Waals surface area contributed by atoms with Crippen LogP contribution in [0.1, 0.15) is 36.8 Å². The molecule has 1 N–H and O–H groups in total. The Balaban J connectivity index is 2.12. The fourth-order valence-corrected chi connectivity index (χ4v) is 4.58. The number of rotatable bonds is 7. The number of nitrogens with zero attached hydrogens (tertiary/aromatic N) is 2. The topological polar surface area (TPSA) is 99.8 Å². The van der Waals surface area contributed by atoms with Crippen LogP contribution in [0.25, 0.3) is 10.2 Å². The van der Waals surface area contributed by atoms with E-state index in [1.807, 2.05) is 30.3 Å². The monoisotopic (exact) mass is 446 g/mol. The van der Waals surface area contributed by atoms with Crippen molar-refractivity contribution in [3.05, 3.63) is 67.2 Å². The molecule has 0 atom stereocenters. The van der Waals surface area contributed by atoms with E-state index in [1.165, 1.54) is 15.9 Å². The molecule has 3 aromatic rings. The third-order valence-electron chi connectivity index (χ3n) is 4.76. The first kappa shape index (κ1) is 22.9. The molecule has 0 spiro atoms. The van der Waals surface area contributed by atoms with Gasteiger partial charge in [0.15, 0.2) is 0 Å². The highest BCUT2D eigenvalue weighted by Crippen LogP contribution is 2.28. The third-order valence-corrected chi connectivity index (χ3v) is 6.05. The average Bonchev–Trinajstić information content (AvgIpc) is 3.01. The number of fused-ring (bicyclic) bond motifs is 1. The van der Waals surface area contributed by atoms with E-state index in [1.54, 1.807) is 27.7 Å². The maximum Gasteiger partial charge on any atom is 0.332 e. The first-order valence-corrected chi connectivity index (χ1v) is 10.7. The van der Waals surface area contributed by atoms with Gasteiger partial charge in [-0.15, -0.1) is 11.3 Å². The number of esters is 1. The van der Waals surface area contributed by atoms with Gasteiger partial charge in [-0.05, 0) is 45.2 Å². The number of aryl methyl sites for hydroxylation is 3. The van der Waals surface area contributed by atoms with Crippen molar-refractivity contribution in [2.45, 2.75) is 59.4 Å². The van der Waals surface area contributed by atoms with Crippen molar-refractivity contribution >= 4 is 27.5 Å². The summed E-state index contributed by atoms with van der Waals surface area (Å²) in [6.45, 7) is 6.66. The number of thiophene rings is 1. The van der Waals surface area contributed by atoms with Gasteiger partial charge in [0.1, 0.15) is 23.6 Å². The zero-order chi connectivity index (χ0) is 22.8. The highest BCUT2D eigenvalue weighted by molar-refractivity contribution is 7.18. The van der Waals surface area contributed by atoms with Gasteiger partial charge in [0.2, 0.25) is 0 Å². The Bertz CT molecular complexity index is 1200. The molecule has 0 saturated carbocycles. The molecule has 0 radical (unpaired) electrons. The van der Waals surface area contributed by atoms with Gasteiger partial charge in [-0.3, -0.25) is 19.4 Å². The molecule has 1 aromatic carbocycles. The fraction of sp³-hybridized carbons (Fsp3) is 0.409. The lowest BCUT2D eigenvalue weighted by Crippen LogP contribution is -2.42. The van der Waals surface area contributed by atoms with Gasteiger partial charge in [0.25, 0.3) is 5.56 Å². The lowest BCUT2D eigenvalue weighted by atomic mass is 10.1. The molecule has 0 amide bonds. The van der Waals surface area contributed by atoms with E-state index in [-0.39, 0.29) is 6.61 Å². The summed E-state index contributed by atoms with van der Waals surface area (Å²) in [5.74, 6) is -0.660. The predicted molar refractivity (Wildman–Crippen MR) is 118 cm³/mol. The quantitative estimate of drug-likeness (QED) is 0.340. The lowest BCUT2D eigenvalue weighted by Gasteiger charge is -2.20. The van der Waals surface area contributed by atoms with Crippen molar-refractivity contribution < 1.29 is 19.7 Å². The molecule has 0 saturated heterocycles. The number of carbonyl (C=O) groups excluding carboxylic acids is 1. The fourth-order valence-electron chi connectivity index (χ4n) is 3.36. The zero-order valence-corrected chi connectivity index (χ0v) is 18.8. The van der Waals surface area contributed by atoms with Crippen molar-refractivity contribution in [3.8, 4) is 0 Å². The Kier molecular flexibility index (Phi) is 6.78. The number of aromatic nitrogens is 2. The summed E-state index contributed by atoms with van der Waals surface area (Å²) in [6, 6.07) is 9.68. The van der Waals surface area contributed by atoms with Crippen LogP contribution in [0.15, 0.2) is 39.9 Å². The number of ether oxygens (including phenoxy) is 1. The summed E-state index contributed by atoms with van der Waals surface area (Å²) in [6.07, 6.45) is 0.573. The first-order chi connectivity index (χ1) is 14.6. The van der Waals surface area contributed by atoms with E-state index in [0.29, 0.717) is 33.6 Å². The van der Waals surface area contributed by atoms with Crippen LogP contribution < -0.4 is 11.2 Å². The molecule has 31 heavy (non-hydrogen) atoms. The van der Waals surface area contributed by atoms with Crippen LogP contribution in [0, 0.1) is 6.92 Å². The van der Waals surface area contributed by atoms with Crippen LogP contribution in [0.2, 0.25) is 0 Å². The lowest BCUT2D eigenvalue weighted by molar-refractivity contribution is -0.252. The number of benzene rings is 1. The average molecular weight is 447 g/mol. The van der Waals surface area contributed by atoms with E-state index in [2.05, 4.69) is 4.89 Å². The Hall–Kier alpha value is -2.75. The van der Waals surface area contributed by atoms with Crippen LogP contribution in [-0.2, 0) is 40.5 Å². The molecule has 0 fully saturated rings. The second kappa shape index (κ2) is 9.17. The van der Waals surface area contributed by atoms with Gasteiger partial charge < -0.3 is 4.74 Å². The maximum absolute atomic E-state index is 13.2. The zero-order valence-electron chi connectivity index (χ0n) is 18.0. The Morgan fingerprint density at radius 1 is 1.13 bits per heavy atom. The molecule has 0 aliphatic carbocycles. The van der Waals surface area contributed by atoms with E-state index in [4.69, 9.17) is 9.99 Å². The van der Waals surface area contributed by atoms with Gasteiger partial charge in [0, 0.05) is 11.4 Å². The number of carbonyl (C=O) groups is 1. The van der Waals surface area contributed by atoms with Gasteiger partial charge in [0.05, 0.1) is 5.39 Å².